The lowest BCUT2D eigenvalue weighted by Crippen LogP contribution is -2.47. The van der Waals surface area contributed by atoms with E-state index in [1.165, 1.54) is 0 Å². The van der Waals surface area contributed by atoms with E-state index in [-0.39, 0.29) is 23.5 Å². The van der Waals surface area contributed by atoms with Gasteiger partial charge >= 0.3 is 6.18 Å². The maximum absolute atomic E-state index is 12.6. The first kappa shape index (κ1) is 17.0. The zero-order valence-corrected chi connectivity index (χ0v) is 12.5. The van der Waals surface area contributed by atoms with E-state index in [0.29, 0.717) is 4.31 Å². The van der Waals surface area contributed by atoms with Gasteiger partial charge in [0, 0.05) is 11.9 Å². The van der Waals surface area contributed by atoms with E-state index in [1.807, 2.05) is 0 Å². The van der Waals surface area contributed by atoms with Gasteiger partial charge in [-0.1, -0.05) is 6.92 Å². The first-order chi connectivity index (χ1) is 8.57. The van der Waals surface area contributed by atoms with E-state index < -0.39 is 28.8 Å². The fourth-order valence-electron chi connectivity index (χ4n) is 1.99. The molecule has 1 saturated carbocycles. The molecule has 0 saturated heterocycles. The van der Waals surface area contributed by atoms with Crippen molar-refractivity contribution in [2.75, 3.05) is 18.2 Å². The van der Waals surface area contributed by atoms with Crippen molar-refractivity contribution < 1.29 is 21.6 Å². The minimum Gasteiger partial charge on any atom is -0.212 e. The summed E-state index contributed by atoms with van der Waals surface area (Å²) in [6.45, 7) is 1.74. The quantitative estimate of drug-likeness (QED) is 0.676. The number of halogens is 4. The first-order valence-electron chi connectivity index (χ1n) is 6.19. The molecule has 0 bridgehead atoms. The van der Waals surface area contributed by atoms with Gasteiger partial charge in [-0.25, -0.2) is 8.42 Å². The van der Waals surface area contributed by atoms with Crippen molar-refractivity contribution in [3.05, 3.63) is 0 Å². The molecule has 0 aromatic rings. The van der Waals surface area contributed by atoms with Crippen LogP contribution in [0.15, 0.2) is 0 Å². The molecule has 19 heavy (non-hydrogen) atoms. The molecule has 0 aliphatic heterocycles. The molecule has 0 aromatic carbocycles. The topological polar surface area (TPSA) is 37.4 Å². The zero-order chi connectivity index (χ0) is 14.8. The molecule has 1 fully saturated rings. The summed E-state index contributed by atoms with van der Waals surface area (Å²) in [5.74, 6) is -0.558. The monoisotopic (exact) mass is 321 g/mol. The predicted octanol–water partition coefficient (Wildman–Crippen LogP) is 2.85. The fourth-order valence-corrected chi connectivity index (χ4v) is 4.27. The highest BCUT2D eigenvalue weighted by Gasteiger charge is 2.43. The molecule has 0 heterocycles. The highest BCUT2D eigenvalue weighted by Crippen LogP contribution is 2.37. The molecule has 2 atom stereocenters. The average Bonchev–Trinajstić information content (AvgIpc) is 3.06. The summed E-state index contributed by atoms with van der Waals surface area (Å²) < 4.78 is 62.5. The Balaban J connectivity index is 2.88. The minimum absolute atomic E-state index is 0.0448. The van der Waals surface area contributed by atoms with Crippen molar-refractivity contribution in [1.29, 1.82) is 0 Å². The lowest BCUT2D eigenvalue weighted by atomic mass is 10.2. The van der Waals surface area contributed by atoms with Crippen molar-refractivity contribution >= 4 is 21.6 Å². The van der Waals surface area contributed by atoms with Crippen LogP contribution in [0.25, 0.3) is 0 Å². The van der Waals surface area contributed by atoms with Gasteiger partial charge in [-0.3, -0.25) is 0 Å². The Kier molecular flexibility index (Phi) is 5.54. The lowest BCUT2D eigenvalue weighted by Gasteiger charge is -2.30. The maximum Gasteiger partial charge on any atom is 0.402 e. The summed E-state index contributed by atoms with van der Waals surface area (Å²) in [7, 11) is -3.94. The van der Waals surface area contributed by atoms with Crippen LogP contribution in [-0.4, -0.2) is 43.1 Å². The molecule has 114 valence electrons. The van der Waals surface area contributed by atoms with Gasteiger partial charge in [0.1, 0.15) is 6.54 Å². The van der Waals surface area contributed by atoms with E-state index in [0.717, 1.165) is 12.8 Å². The van der Waals surface area contributed by atoms with Crippen LogP contribution in [0.4, 0.5) is 13.2 Å². The minimum atomic E-state index is -4.53. The van der Waals surface area contributed by atoms with Gasteiger partial charge in [-0.15, -0.1) is 11.6 Å². The Morgan fingerprint density at radius 2 is 1.84 bits per heavy atom. The van der Waals surface area contributed by atoms with Gasteiger partial charge < -0.3 is 0 Å². The van der Waals surface area contributed by atoms with Gasteiger partial charge in [-0.2, -0.15) is 17.5 Å². The van der Waals surface area contributed by atoms with E-state index in [9.17, 15) is 21.6 Å². The maximum atomic E-state index is 12.6. The second-order valence-corrected chi connectivity index (χ2v) is 7.55. The van der Waals surface area contributed by atoms with Gasteiger partial charge in [0.2, 0.25) is 10.0 Å². The van der Waals surface area contributed by atoms with Gasteiger partial charge in [-0.05, 0) is 31.6 Å². The van der Waals surface area contributed by atoms with Crippen molar-refractivity contribution in [3.63, 3.8) is 0 Å². The van der Waals surface area contributed by atoms with Crippen LogP contribution in [0.2, 0.25) is 0 Å². The number of hydrogen-bond donors (Lipinski definition) is 0. The number of sulfonamides is 1. The third-order valence-corrected chi connectivity index (χ3v) is 5.90. The van der Waals surface area contributed by atoms with Crippen molar-refractivity contribution in [2.45, 2.75) is 38.9 Å². The SMILES string of the molecule is CC(CCl)CS(=O)(=O)N(CC(F)(F)F)C(C)C1CC1. The number of rotatable bonds is 7. The van der Waals surface area contributed by atoms with Crippen LogP contribution in [0, 0.1) is 11.8 Å². The first-order valence-corrected chi connectivity index (χ1v) is 8.33. The number of hydrogen-bond acceptors (Lipinski definition) is 2. The van der Waals surface area contributed by atoms with Crippen LogP contribution in [0.1, 0.15) is 26.7 Å². The van der Waals surface area contributed by atoms with Crippen LogP contribution < -0.4 is 0 Å². The molecular formula is C11H19ClF3NO2S. The summed E-state index contributed by atoms with van der Waals surface area (Å²) in [5.41, 5.74) is 0. The summed E-state index contributed by atoms with van der Waals surface area (Å²) in [6, 6.07) is -0.603. The standard InChI is InChI=1S/C11H19ClF3NO2S/c1-8(5-12)6-19(17,18)16(7-11(13,14)15)9(2)10-3-4-10/h8-10H,3-7H2,1-2H3. The molecule has 2 unspecified atom stereocenters. The molecule has 0 N–H and O–H groups in total. The van der Waals surface area contributed by atoms with Crippen LogP contribution in [0.3, 0.4) is 0 Å². The third-order valence-electron chi connectivity index (χ3n) is 3.21. The normalized spacial score (nSPS) is 20.6. The zero-order valence-electron chi connectivity index (χ0n) is 11.0. The van der Waals surface area contributed by atoms with E-state index >= 15 is 0 Å². The summed E-state index contributed by atoms with van der Waals surface area (Å²) in [4.78, 5) is 0. The fraction of sp³-hybridized carbons (Fsp3) is 1.00. The Bertz CT molecular complexity index is 395. The highest BCUT2D eigenvalue weighted by atomic mass is 35.5. The molecule has 0 aromatic heterocycles. The summed E-state index contributed by atoms with van der Waals surface area (Å²) in [5, 5.41) is 0. The number of alkyl halides is 4. The van der Waals surface area contributed by atoms with Gasteiger partial charge in [0.15, 0.2) is 0 Å². The predicted molar refractivity (Wildman–Crippen MR) is 68.6 cm³/mol. The molecular weight excluding hydrogens is 303 g/mol. The lowest BCUT2D eigenvalue weighted by molar-refractivity contribution is -0.139. The summed E-state index contributed by atoms with van der Waals surface area (Å²) >= 11 is 5.55. The Morgan fingerprint density at radius 1 is 1.32 bits per heavy atom. The van der Waals surface area contributed by atoms with Crippen LogP contribution in [-0.2, 0) is 10.0 Å². The largest absolute Gasteiger partial charge is 0.402 e. The molecule has 0 spiro atoms. The molecule has 1 rings (SSSR count). The smallest absolute Gasteiger partial charge is 0.212 e. The number of nitrogens with zero attached hydrogens (tertiary/aromatic N) is 1. The second-order valence-electron chi connectivity index (χ2n) is 5.28. The Morgan fingerprint density at radius 3 is 2.21 bits per heavy atom. The van der Waals surface area contributed by atoms with Gasteiger partial charge in [0.05, 0.1) is 5.75 Å². The Hall–Kier alpha value is -0.0100. The van der Waals surface area contributed by atoms with Crippen LogP contribution in [0.5, 0.6) is 0 Å². The van der Waals surface area contributed by atoms with E-state index in [2.05, 4.69) is 0 Å². The summed E-state index contributed by atoms with van der Waals surface area (Å²) in [6.07, 6.45) is -2.95. The van der Waals surface area contributed by atoms with E-state index in [1.54, 1.807) is 13.8 Å². The Labute approximate surface area is 117 Å². The van der Waals surface area contributed by atoms with Crippen LogP contribution >= 0.6 is 11.6 Å². The third kappa shape index (κ3) is 5.47. The molecule has 8 heteroatoms. The van der Waals surface area contributed by atoms with E-state index in [4.69, 9.17) is 11.6 Å². The van der Waals surface area contributed by atoms with Crippen molar-refractivity contribution in [3.8, 4) is 0 Å². The highest BCUT2D eigenvalue weighted by molar-refractivity contribution is 7.89. The van der Waals surface area contributed by atoms with Gasteiger partial charge in [0.25, 0.3) is 0 Å². The average molecular weight is 322 g/mol. The molecule has 0 amide bonds. The van der Waals surface area contributed by atoms with Crippen molar-refractivity contribution in [2.24, 2.45) is 11.8 Å². The molecule has 1 aliphatic rings. The van der Waals surface area contributed by atoms with Crippen molar-refractivity contribution in [1.82, 2.24) is 4.31 Å². The molecule has 0 radical (unpaired) electrons. The second kappa shape index (κ2) is 6.18. The molecule has 1 aliphatic carbocycles. The molecule has 3 nitrogen and oxygen atoms in total.